The van der Waals surface area contributed by atoms with Crippen LogP contribution in [-0.2, 0) is 16.6 Å². The summed E-state index contributed by atoms with van der Waals surface area (Å²) in [5.74, 6) is 0.871. The normalized spacial score (nSPS) is 12.8. The second-order valence-corrected chi connectivity index (χ2v) is 7.47. The molecule has 6 heteroatoms. The summed E-state index contributed by atoms with van der Waals surface area (Å²) in [5.41, 5.74) is 2.08. The maximum absolute atomic E-state index is 11.3. The third-order valence-electron chi connectivity index (χ3n) is 3.49. The molecule has 24 heavy (non-hydrogen) atoms. The summed E-state index contributed by atoms with van der Waals surface area (Å²) in [4.78, 5) is 0. The summed E-state index contributed by atoms with van der Waals surface area (Å²) >= 11 is 0. The molecule has 5 nitrogen and oxygen atoms in total. The number of sulfonamides is 1. The first-order valence-corrected chi connectivity index (χ1v) is 9.78. The predicted octanol–water partition coefficient (Wildman–Crippen LogP) is 2.47. The minimum Gasteiger partial charge on any atom is -0.492 e. The molecule has 0 radical (unpaired) electrons. The van der Waals surface area contributed by atoms with E-state index in [9.17, 15) is 8.42 Å². The van der Waals surface area contributed by atoms with E-state index < -0.39 is 10.0 Å². The Bertz CT molecular complexity index is 716. The van der Waals surface area contributed by atoms with Crippen molar-refractivity contribution in [1.82, 2.24) is 10.0 Å². The molecule has 0 saturated heterocycles. The maximum Gasteiger partial charge on any atom is 0.209 e. The highest BCUT2D eigenvalue weighted by Gasteiger charge is 2.10. The molecule has 0 aliphatic carbocycles. The average molecular weight is 348 g/mol. The highest BCUT2D eigenvalue weighted by atomic mass is 32.2. The first-order valence-electron chi connectivity index (χ1n) is 7.89. The summed E-state index contributed by atoms with van der Waals surface area (Å²) in [6.07, 6.45) is 1.17. The standard InChI is InChI=1S/C18H24N2O3S/c1-15(20-24(2,21)22)17-10-8-16(9-11-17)14-19-12-13-23-18-6-4-3-5-7-18/h3-11,15,19-20H,12-14H2,1-2H3/t15-/m1/s1. The molecule has 0 unspecified atom stereocenters. The molecule has 2 aromatic carbocycles. The van der Waals surface area contributed by atoms with Gasteiger partial charge in [0.15, 0.2) is 0 Å². The molecule has 0 aliphatic heterocycles. The molecule has 2 aromatic rings. The van der Waals surface area contributed by atoms with Crippen LogP contribution in [0.3, 0.4) is 0 Å². The quantitative estimate of drug-likeness (QED) is 0.683. The van der Waals surface area contributed by atoms with E-state index in [0.29, 0.717) is 6.61 Å². The van der Waals surface area contributed by atoms with Crippen LogP contribution in [0.5, 0.6) is 5.75 Å². The first-order chi connectivity index (χ1) is 11.4. The Hall–Kier alpha value is -1.89. The Labute approximate surface area is 144 Å². The van der Waals surface area contributed by atoms with E-state index in [1.54, 1.807) is 0 Å². The Balaban J connectivity index is 1.72. The van der Waals surface area contributed by atoms with Crippen LogP contribution in [0.1, 0.15) is 24.1 Å². The molecular weight excluding hydrogens is 324 g/mol. The summed E-state index contributed by atoms with van der Waals surface area (Å²) in [7, 11) is -3.20. The Morgan fingerprint density at radius 3 is 2.33 bits per heavy atom. The fraction of sp³-hybridized carbons (Fsp3) is 0.333. The van der Waals surface area contributed by atoms with Crippen molar-refractivity contribution >= 4 is 10.0 Å². The van der Waals surface area contributed by atoms with Crippen molar-refractivity contribution in [2.24, 2.45) is 0 Å². The number of ether oxygens (including phenoxy) is 1. The zero-order valence-electron chi connectivity index (χ0n) is 14.0. The van der Waals surface area contributed by atoms with Gasteiger partial charge in [0, 0.05) is 19.1 Å². The van der Waals surface area contributed by atoms with Gasteiger partial charge in [0.1, 0.15) is 12.4 Å². The second-order valence-electron chi connectivity index (χ2n) is 5.69. The number of rotatable bonds is 9. The third-order valence-corrected chi connectivity index (χ3v) is 4.27. The van der Waals surface area contributed by atoms with Crippen LogP contribution >= 0.6 is 0 Å². The average Bonchev–Trinajstić information content (AvgIpc) is 2.54. The van der Waals surface area contributed by atoms with Crippen molar-refractivity contribution < 1.29 is 13.2 Å². The van der Waals surface area contributed by atoms with Crippen molar-refractivity contribution in [3.8, 4) is 5.75 Å². The molecule has 0 saturated carbocycles. The maximum atomic E-state index is 11.3. The van der Waals surface area contributed by atoms with E-state index in [1.165, 1.54) is 6.26 Å². The van der Waals surface area contributed by atoms with Gasteiger partial charge in [0.2, 0.25) is 10.0 Å². The topological polar surface area (TPSA) is 67.4 Å². The van der Waals surface area contributed by atoms with Crippen LogP contribution < -0.4 is 14.8 Å². The molecule has 0 spiro atoms. The lowest BCUT2D eigenvalue weighted by Gasteiger charge is -2.13. The molecule has 0 amide bonds. The van der Waals surface area contributed by atoms with Crippen molar-refractivity contribution in [2.45, 2.75) is 19.5 Å². The molecule has 130 valence electrons. The van der Waals surface area contributed by atoms with Gasteiger partial charge in [-0.25, -0.2) is 13.1 Å². The number of hydrogen-bond acceptors (Lipinski definition) is 4. The number of nitrogens with one attached hydrogen (secondary N) is 2. The monoisotopic (exact) mass is 348 g/mol. The Morgan fingerprint density at radius 1 is 1.04 bits per heavy atom. The molecule has 0 aromatic heterocycles. The second kappa shape index (κ2) is 8.82. The fourth-order valence-corrected chi connectivity index (χ4v) is 3.08. The lowest BCUT2D eigenvalue weighted by atomic mass is 10.1. The fourth-order valence-electron chi connectivity index (χ4n) is 2.30. The van der Waals surface area contributed by atoms with Crippen LogP contribution in [0, 0.1) is 0 Å². The van der Waals surface area contributed by atoms with E-state index in [2.05, 4.69) is 10.0 Å². The first kappa shape index (κ1) is 18.4. The van der Waals surface area contributed by atoms with Crippen molar-refractivity contribution in [1.29, 1.82) is 0 Å². The van der Waals surface area contributed by atoms with E-state index in [4.69, 9.17) is 4.74 Å². The van der Waals surface area contributed by atoms with E-state index in [0.717, 1.165) is 30.0 Å². The van der Waals surface area contributed by atoms with E-state index in [-0.39, 0.29) is 6.04 Å². The Kier molecular flexibility index (Phi) is 6.78. The van der Waals surface area contributed by atoms with Crippen molar-refractivity contribution in [3.63, 3.8) is 0 Å². The van der Waals surface area contributed by atoms with E-state index in [1.807, 2.05) is 61.5 Å². The molecule has 0 heterocycles. The minimum absolute atomic E-state index is 0.235. The number of hydrogen-bond donors (Lipinski definition) is 2. The van der Waals surface area contributed by atoms with Gasteiger partial charge in [-0.2, -0.15) is 0 Å². The van der Waals surface area contributed by atoms with Gasteiger partial charge in [-0.3, -0.25) is 0 Å². The molecule has 1 atom stereocenters. The largest absolute Gasteiger partial charge is 0.492 e. The molecule has 0 fully saturated rings. The number of benzene rings is 2. The van der Waals surface area contributed by atoms with Gasteiger partial charge in [0.25, 0.3) is 0 Å². The zero-order chi connectivity index (χ0) is 17.4. The third kappa shape index (κ3) is 6.70. The van der Waals surface area contributed by atoms with E-state index >= 15 is 0 Å². The number of para-hydroxylation sites is 1. The summed E-state index contributed by atoms with van der Waals surface area (Å²) in [6.45, 7) is 3.93. The SMILES string of the molecule is C[C@@H](NS(C)(=O)=O)c1ccc(CNCCOc2ccccc2)cc1. The molecular formula is C18H24N2O3S. The zero-order valence-corrected chi connectivity index (χ0v) is 14.8. The van der Waals surface area contributed by atoms with Gasteiger partial charge >= 0.3 is 0 Å². The van der Waals surface area contributed by atoms with Crippen LogP contribution in [0.2, 0.25) is 0 Å². The van der Waals surface area contributed by atoms with Gasteiger partial charge in [-0.1, -0.05) is 42.5 Å². The summed E-state index contributed by atoms with van der Waals surface area (Å²) in [5, 5.41) is 3.32. The molecule has 2 N–H and O–H groups in total. The predicted molar refractivity (Wildman–Crippen MR) is 96.5 cm³/mol. The lowest BCUT2D eigenvalue weighted by molar-refractivity contribution is 0.313. The van der Waals surface area contributed by atoms with Crippen LogP contribution in [0.25, 0.3) is 0 Å². The lowest BCUT2D eigenvalue weighted by Crippen LogP contribution is -2.25. The smallest absolute Gasteiger partial charge is 0.209 e. The van der Waals surface area contributed by atoms with Crippen LogP contribution in [-0.4, -0.2) is 27.8 Å². The van der Waals surface area contributed by atoms with Gasteiger partial charge < -0.3 is 10.1 Å². The van der Waals surface area contributed by atoms with Crippen LogP contribution in [0.4, 0.5) is 0 Å². The summed E-state index contributed by atoms with van der Waals surface area (Å²) in [6, 6.07) is 17.4. The molecule has 0 aliphatic rings. The highest BCUT2D eigenvalue weighted by molar-refractivity contribution is 7.88. The minimum atomic E-state index is -3.20. The van der Waals surface area contributed by atoms with Crippen molar-refractivity contribution in [3.05, 3.63) is 65.7 Å². The summed E-state index contributed by atoms with van der Waals surface area (Å²) < 4.78 is 30.7. The Morgan fingerprint density at radius 2 is 1.71 bits per heavy atom. The van der Waals surface area contributed by atoms with Gasteiger partial charge in [-0.15, -0.1) is 0 Å². The van der Waals surface area contributed by atoms with Gasteiger partial charge in [-0.05, 0) is 30.2 Å². The van der Waals surface area contributed by atoms with Crippen molar-refractivity contribution in [2.75, 3.05) is 19.4 Å². The molecule has 0 bridgehead atoms. The van der Waals surface area contributed by atoms with Crippen LogP contribution in [0.15, 0.2) is 54.6 Å². The van der Waals surface area contributed by atoms with Gasteiger partial charge in [0.05, 0.1) is 6.26 Å². The molecule has 2 rings (SSSR count). The highest BCUT2D eigenvalue weighted by Crippen LogP contribution is 2.14.